The molecule has 3 aromatic heterocycles. The molecule has 0 bridgehead atoms. The van der Waals surface area contributed by atoms with Crippen LogP contribution in [0.4, 0.5) is 26.3 Å². The lowest BCUT2D eigenvalue weighted by Crippen LogP contribution is -2.68. The number of piperidine rings is 1. The Morgan fingerprint density at radius 2 is 1.85 bits per heavy atom. The average molecular weight is 737 g/mol. The maximum atomic E-state index is 15.1. The van der Waals surface area contributed by atoms with E-state index in [1.165, 1.54) is 16.2 Å². The molecule has 0 aliphatic carbocycles. The van der Waals surface area contributed by atoms with Crippen LogP contribution < -0.4 is 10.5 Å². The molecule has 17 heteroatoms. The van der Waals surface area contributed by atoms with Crippen molar-refractivity contribution in [2.24, 2.45) is 5.73 Å². The van der Waals surface area contributed by atoms with Crippen molar-refractivity contribution < 1.29 is 45.5 Å². The van der Waals surface area contributed by atoms with Crippen LogP contribution in [0, 0.1) is 0 Å². The van der Waals surface area contributed by atoms with Crippen molar-refractivity contribution in [2.45, 2.75) is 81.9 Å². The molecule has 1 fully saturated rings. The minimum atomic E-state index is -4.91. The number of halogens is 7. The summed E-state index contributed by atoms with van der Waals surface area (Å²) in [6.07, 6.45) is -7.73. The van der Waals surface area contributed by atoms with E-state index in [2.05, 4.69) is 4.98 Å². The Kier molecular flexibility index (Phi) is 10.4. The summed E-state index contributed by atoms with van der Waals surface area (Å²) >= 11 is 8.01. The van der Waals surface area contributed by atoms with Crippen molar-refractivity contribution in [3.63, 3.8) is 0 Å². The van der Waals surface area contributed by atoms with E-state index in [9.17, 15) is 35.9 Å². The lowest BCUT2D eigenvalue weighted by atomic mass is 9.79. The van der Waals surface area contributed by atoms with Crippen LogP contribution in [0.5, 0.6) is 5.75 Å². The SMILES string of the molecule is CCC[C@H]1N(C(=O)c2ncccc2C(F)(F)F)CCC[C@]1(Oc1csc(C(F)(F)F)c1)C(=O)N1CCc2sc(Cl)cc2C1CCC(N)=O. The second-order valence-electron chi connectivity index (χ2n) is 11.6. The number of carbonyl (C=O) groups is 3. The maximum absolute atomic E-state index is 15.1. The van der Waals surface area contributed by atoms with Crippen LogP contribution in [0.3, 0.4) is 0 Å². The molecule has 2 N–H and O–H groups in total. The Morgan fingerprint density at radius 3 is 2.50 bits per heavy atom. The molecule has 48 heavy (non-hydrogen) atoms. The van der Waals surface area contributed by atoms with Crippen LogP contribution in [0.1, 0.15) is 82.9 Å². The molecule has 8 nitrogen and oxygen atoms in total. The Balaban J connectivity index is 1.64. The summed E-state index contributed by atoms with van der Waals surface area (Å²) in [7, 11) is 0. The highest BCUT2D eigenvalue weighted by Gasteiger charge is 2.57. The number of rotatable bonds is 9. The van der Waals surface area contributed by atoms with Crippen molar-refractivity contribution >= 4 is 52.0 Å². The zero-order chi connectivity index (χ0) is 35.0. The third-order valence-corrected chi connectivity index (χ3v) is 10.9. The number of nitrogens with zero attached hydrogens (tertiary/aromatic N) is 3. The minimum Gasteiger partial charge on any atom is -0.474 e. The lowest BCUT2D eigenvalue weighted by Gasteiger charge is -2.51. The summed E-state index contributed by atoms with van der Waals surface area (Å²) in [5.41, 5.74) is 2.02. The second kappa shape index (κ2) is 13.9. The highest BCUT2D eigenvalue weighted by molar-refractivity contribution is 7.16. The van der Waals surface area contributed by atoms with Crippen LogP contribution in [0.2, 0.25) is 4.34 Å². The van der Waals surface area contributed by atoms with Crippen LogP contribution in [-0.4, -0.2) is 57.2 Å². The van der Waals surface area contributed by atoms with E-state index in [0.29, 0.717) is 34.1 Å². The molecule has 1 saturated heterocycles. The van der Waals surface area contributed by atoms with Gasteiger partial charge in [-0.2, -0.15) is 26.3 Å². The molecule has 3 amide bonds. The summed E-state index contributed by atoms with van der Waals surface area (Å²) in [5.74, 6) is -2.64. The van der Waals surface area contributed by atoms with Gasteiger partial charge in [0, 0.05) is 48.5 Å². The molecule has 3 atom stereocenters. The zero-order valence-corrected chi connectivity index (χ0v) is 27.9. The molecule has 5 rings (SSSR count). The fraction of sp³-hybridized carbons (Fsp3) is 0.484. The first kappa shape index (κ1) is 35.9. The molecular weight excluding hydrogens is 706 g/mol. The number of alkyl halides is 6. The predicted octanol–water partition coefficient (Wildman–Crippen LogP) is 7.51. The minimum absolute atomic E-state index is 0.0530. The molecule has 2 aliphatic heterocycles. The molecule has 0 aromatic carbocycles. The molecule has 0 saturated carbocycles. The first-order chi connectivity index (χ1) is 22.6. The van der Waals surface area contributed by atoms with Crippen molar-refractivity contribution in [3.8, 4) is 5.75 Å². The summed E-state index contributed by atoms with van der Waals surface area (Å²) in [5, 5.41) is 1.11. The molecule has 260 valence electrons. The van der Waals surface area contributed by atoms with E-state index in [1.807, 2.05) is 0 Å². The van der Waals surface area contributed by atoms with Crippen LogP contribution in [0.25, 0.3) is 0 Å². The molecule has 0 radical (unpaired) electrons. The summed E-state index contributed by atoms with van der Waals surface area (Å²) in [6.45, 7) is 1.82. The van der Waals surface area contributed by atoms with Gasteiger partial charge in [-0.05, 0) is 49.4 Å². The molecule has 5 heterocycles. The van der Waals surface area contributed by atoms with Gasteiger partial charge in [-0.15, -0.1) is 22.7 Å². The van der Waals surface area contributed by atoms with Gasteiger partial charge in [0.25, 0.3) is 11.8 Å². The lowest BCUT2D eigenvalue weighted by molar-refractivity contribution is -0.162. The number of likely N-dealkylation sites (tertiary alicyclic amines) is 1. The van der Waals surface area contributed by atoms with E-state index in [1.54, 1.807) is 13.0 Å². The molecule has 3 aromatic rings. The van der Waals surface area contributed by atoms with Gasteiger partial charge in [0.15, 0.2) is 0 Å². The standard InChI is InChI=1S/C31H31ClF6N4O4S2/c1-2-5-22-29(46-17-14-23(47-16-17)31(36,37)38,10-4-12-42(22)27(44)26-19(30(33,34)35)6-3-11-40-26)28(45)41-13-9-21-18(15-24(32)48-21)20(41)7-8-25(39)43/h3,6,11,14-16,20,22H,2,4-5,7-10,12-13H2,1H3,(H2,39,43)/t20?,22-,29-/m1/s1. The van der Waals surface area contributed by atoms with E-state index in [-0.39, 0.29) is 50.9 Å². The smallest absolute Gasteiger partial charge is 0.425 e. The third-order valence-electron chi connectivity index (χ3n) is 8.57. The normalized spacial score (nSPS) is 21.6. The fourth-order valence-electron chi connectivity index (χ4n) is 6.58. The molecule has 2 aliphatic rings. The summed E-state index contributed by atoms with van der Waals surface area (Å²) in [6, 6.07) is 2.33. The van der Waals surface area contributed by atoms with E-state index >= 15 is 4.79 Å². The van der Waals surface area contributed by atoms with Crippen LogP contribution in [0.15, 0.2) is 35.8 Å². The van der Waals surface area contributed by atoms with Gasteiger partial charge in [0.1, 0.15) is 16.3 Å². The number of ether oxygens (including phenoxy) is 1. The number of fused-ring (bicyclic) bond motifs is 1. The van der Waals surface area contributed by atoms with Crippen molar-refractivity contribution in [1.29, 1.82) is 0 Å². The first-order valence-corrected chi connectivity index (χ1v) is 17.2. The van der Waals surface area contributed by atoms with Crippen molar-refractivity contribution in [2.75, 3.05) is 13.1 Å². The zero-order valence-electron chi connectivity index (χ0n) is 25.5. The third kappa shape index (κ3) is 7.15. The number of aromatic nitrogens is 1. The second-order valence-corrected chi connectivity index (χ2v) is 14.3. The fourth-order valence-corrected chi connectivity index (χ4v) is 8.59. The largest absolute Gasteiger partial charge is 0.474 e. The van der Waals surface area contributed by atoms with Gasteiger partial charge < -0.3 is 20.3 Å². The Bertz CT molecular complexity index is 1680. The number of pyridine rings is 1. The van der Waals surface area contributed by atoms with E-state index in [0.717, 1.165) is 39.6 Å². The van der Waals surface area contributed by atoms with Gasteiger partial charge >= 0.3 is 12.4 Å². The molecular formula is C31H31ClF6N4O4S2. The van der Waals surface area contributed by atoms with Gasteiger partial charge in [0.2, 0.25) is 11.5 Å². The molecule has 0 spiro atoms. The number of carbonyl (C=O) groups excluding carboxylic acids is 3. The van der Waals surface area contributed by atoms with Gasteiger partial charge in [-0.1, -0.05) is 24.9 Å². The summed E-state index contributed by atoms with van der Waals surface area (Å²) < 4.78 is 89.7. The van der Waals surface area contributed by atoms with Crippen LogP contribution >= 0.6 is 34.3 Å². The quantitative estimate of drug-likeness (QED) is 0.229. The van der Waals surface area contributed by atoms with Crippen molar-refractivity contribution in [3.05, 3.63) is 66.8 Å². The predicted molar refractivity (Wildman–Crippen MR) is 167 cm³/mol. The van der Waals surface area contributed by atoms with Crippen LogP contribution in [-0.2, 0) is 28.4 Å². The number of thiophene rings is 2. The Labute approximate surface area is 284 Å². The maximum Gasteiger partial charge on any atom is 0.425 e. The monoisotopic (exact) mass is 736 g/mol. The topological polar surface area (TPSA) is 106 Å². The van der Waals surface area contributed by atoms with Gasteiger partial charge in [-0.25, -0.2) is 0 Å². The van der Waals surface area contributed by atoms with Crippen molar-refractivity contribution in [1.82, 2.24) is 14.8 Å². The number of hydrogen-bond acceptors (Lipinski definition) is 7. The van der Waals surface area contributed by atoms with E-state index in [4.69, 9.17) is 22.1 Å². The number of primary amides is 1. The Hall–Kier alpha value is -3.37. The number of nitrogens with two attached hydrogens (primary N) is 1. The van der Waals surface area contributed by atoms with Gasteiger partial charge in [-0.3, -0.25) is 19.4 Å². The Morgan fingerprint density at radius 1 is 1.10 bits per heavy atom. The van der Waals surface area contributed by atoms with E-state index < -0.39 is 63.9 Å². The van der Waals surface area contributed by atoms with Gasteiger partial charge in [0.05, 0.1) is 22.0 Å². The number of amides is 3. The average Bonchev–Trinajstić information content (AvgIpc) is 3.65. The highest BCUT2D eigenvalue weighted by Crippen LogP contribution is 2.46. The number of hydrogen-bond donors (Lipinski definition) is 1. The molecule has 1 unspecified atom stereocenters. The summed E-state index contributed by atoms with van der Waals surface area (Å²) in [4.78, 5) is 47.2. The highest BCUT2D eigenvalue weighted by atomic mass is 35.5. The first-order valence-electron chi connectivity index (χ1n) is 15.1.